The average molecular weight is 408 g/mol. The molecule has 30 heavy (non-hydrogen) atoms. The van der Waals surface area contributed by atoms with Crippen molar-refractivity contribution >= 4 is 12.2 Å². The summed E-state index contributed by atoms with van der Waals surface area (Å²) in [5.74, 6) is 1.08. The van der Waals surface area contributed by atoms with Crippen LogP contribution in [0.3, 0.4) is 0 Å². The molecule has 3 aromatic carbocycles. The first-order chi connectivity index (χ1) is 14.8. The van der Waals surface area contributed by atoms with Crippen molar-refractivity contribution in [3.8, 4) is 39.9 Å². The van der Waals surface area contributed by atoms with Gasteiger partial charge in [0.2, 0.25) is 5.82 Å². The van der Waals surface area contributed by atoms with Crippen molar-refractivity contribution in [1.82, 2.24) is 24.7 Å². The molecule has 6 heteroatoms. The lowest BCUT2D eigenvalue weighted by molar-refractivity contribution is 1.01. The minimum Gasteiger partial charge on any atom is -0.265 e. The maximum atomic E-state index is 5.50. The Morgan fingerprint density at radius 2 is 1.17 bits per heavy atom. The van der Waals surface area contributed by atoms with Crippen molar-refractivity contribution in [2.24, 2.45) is 0 Å². The summed E-state index contributed by atoms with van der Waals surface area (Å²) in [6.45, 7) is 0. The molecule has 0 saturated carbocycles. The van der Waals surface area contributed by atoms with Crippen LogP contribution in [0.2, 0.25) is 0 Å². The van der Waals surface area contributed by atoms with Crippen LogP contribution in [0, 0.1) is 4.77 Å². The van der Waals surface area contributed by atoms with Crippen LogP contribution in [0.25, 0.3) is 39.9 Å². The molecule has 5 rings (SSSR count). The summed E-state index contributed by atoms with van der Waals surface area (Å²) >= 11 is 5.50. The highest BCUT2D eigenvalue weighted by molar-refractivity contribution is 7.71. The molecular weight excluding hydrogens is 390 g/mol. The topological polar surface area (TPSA) is 59.4 Å². The van der Waals surface area contributed by atoms with Gasteiger partial charge in [0.15, 0.2) is 10.6 Å². The van der Waals surface area contributed by atoms with E-state index in [-0.39, 0.29) is 0 Å². The summed E-state index contributed by atoms with van der Waals surface area (Å²) in [6, 6.07) is 32.0. The van der Waals surface area contributed by atoms with Gasteiger partial charge in [0.05, 0.1) is 17.1 Å². The lowest BCUT2D eigenvalue weighted by Crippen LogP contribution is -2.02. The number of H-pyrrole nitrogens is 1. The first-order valence-corrected chi connectivity index (χ1v) is 9.93. The van der Waals surface area contributed by atoms with Crippen LogP contribution in [0.5, 0.6) is 0 Å². The number of nitrogens with one attached hydrogen (secondary N) is 1. The Balaban J connectivity index is 1.75. The molecule has 0 radical (unpaired) electrons. The van der Waals surface area contributed by atoms with Crippen molar-refractivity contribution < 1.29 is 0 Å². The van der Waals surface area contributed by atoms with Crippen molar-refractivity contribution in [3.05, 3.63) is 102 Å². The van der Waals surface area contributed by atoms with Gasteiger partial charge in [-0.05, 0) is 30.4 Å². The second kappa shape index (κ2) is 7.85. The molecule has 2 heterocycles. The van der Waals surface area contributed by atoms with E-state index in [1.165, 1.54) is 0 Å². The van der Waals surface area contributed by atoms with Gasteiger partial charge in [-0.2, -0.15) is 5.10 Å². The SMILES string of the molecule is S=c1[nH]nc(-c2nc(-c3ccccc3)cc(-c3ccccc3)n2)n1-c1ccccc1. The van der Waals surface area contributed by atoms with Gasteiger partial charge in [-0.1, -0.05) is 78.9 Å². The van der Waals surface area contributed by atoms with Crippen molar-refractivity contribution in [1.29, 1.82) is 0 Å². The number of nitrogens with zero attached hydrogens (tertiary/aromatic N) is 4. The zero-order valence-corrected chi connectivity index (χ0v) is 16.8. The first kappa shape index (κ1) is 18.1. The van der Waals surface area contributed by atoms with Crippen LogP contribution in [-0.2, 0) is 0 Å². The van der Waals surface area contributed by atoms with Gasteiger partial charge in [0.1, 0.15) is 0 Å². The van der Waals surface area contributed by atoms with E-state index in [2.05, 4.69) is 10.2 Å². The summed E-state index contributed by atoms with van der Waals surface area (Å²) < 4.78 is 2.35. The van der Waals surface area contributed by atoms with Gasteiger partial charge >= 0.3 is 0 Å². The van der Waals surface area contributed by atoms with Crippen LogP contribution < -0.4 is 0 Å². The zero-order valence-electron chi connectivity index (χ0n) is 15.9. The number of benzene rings is 3. The first-order valence-electron chi connectivity index (χ1n) is 9.53. The maximum absolute atomic E-state index is 5.50. The third-order valence-corrected chi connectivity index (χ3v) is 5.03. The van der Waals surface area contributed by atoms with E-state index in [9.17, 15) is 0 Å². The molecule has 0 aliphatic rings. The Labute approximate surface area is 178 Å². The van der Waals surface area contributed by atoms with Crippen LogP contribution >= 0.6 is 12.2 Å². The average Bonchev–Trinajstić information content (AvgIpc) is 3.22. The van der Waals surface area contributed by atoms with E-state index < -0.39 is 0 Å². The summed E-state index contributed by atoms with van der Waals surface area (Å²) in [7, 11) is 0. The predicted molar refractivity (Wildman–Crippen MR) is 121 cm³/mol. The van der Waals surface area contributed by atoms with Crippen molar-refractivity contribution in [3.63, 3.8) is 0 Å². The molecular formula is C24H17N5S. The summed E-state index contributed by atoms with van der Waals surface area (Å²) in [6.07, 6.45) is 0. The van der Waals surface area contributed by atoms with Gasteiger partial charge in [-0.15, -0.1) is 0 Å². The minimum absolute atomic E-state index is 0.492. The summed E-state index contributed by atoms with van der Waals surface area (Å²) in [5, 5.41) is 7.34. The number of aromatic amines is 1. The number of hydrogen-bond acceptors (Lipinski definition) is 4. The monoisotopic (exact) mass is 407 g/mol. The van der Waals surface area contributed by atoms with Gasteiger partial charge in [-0.3, -0.25) is 9.67 Å². The molecule has 144 valence electrons. The fourth-order valence-electron chi connectivity index (χ4n) is 3.32. The Bertz CT molecular complexity index is 1290. The summed E-state index contributed by atoms with van der Waals surface area (Å²) in [4.78, 5) is 9.68. The van der Waals surface area contributed by atoms with Gasteiger partial charge in [-0.25, -0.2) is 9.97 Å². The maximum Gasteiger partial charge on any atom is 0.205 e. The fourth-order valence-corrected chi connectivity index (χ4v) is 3.56. The molecule has 0 amide bonds. The van der Waals surface area contributed by atoms with E-state index in [0.717, 1.165) is 28.2 Å². The fraction of sp³-hybridized carbons (Fsp3) is 0. The highest BCUT2D eigenvalue weighted by Crippen LogP contribution is 2.27. The second-order valence-corrected chi connectivity index (χ2v) is 7.10. The third kappa shape index (κ3) is 3.44. The predicted octanol–water partition coefficient (Wildman–Crippen LogP) is 5.72. The van der Waals surface area contributed by atoms with E-state index in [1.807, 2.05) is 102 Å². The van der Waals surface area contributed by atoms with Gasteiger partial charge in [0, 0.05) is 11.1 Å². The lowest BCUT2D eigenvalue weighted by Gasteiger charge is -2.10. The second-order valence-electron chi connectivity index (χ2n) is 6.72. The quantitative estimate of drug-likeness (QED) is 0.387. The standard InChI is InChI=1S/C24H17N5S/c30-24-28-27-23(29(24)19-14-8-3-9-15-19)22-25-20(17-10-4-1-5-11-17)16-21(26-22)18-12-6-2-7-13-18/h1-16H,(H,28,30). The van der Waals surface area contributed by atoms with E-state index in [4.69, 9.17) is 22.2 Å². The molecule has 5 nitrogen and oxygen atoms in total. The van der Waals surface area contributed by atoms with Crippen LogP contribution in [0.15, 0.2) is 97.1 Å². The Kier molecular flexibility index (Phi) is 4.75. The van der Waals surface area contributed by atoms with Gasteiger partial charge in [0.25, 0.3) is 0 Å². The summed E-state index contributed by atoms with van der Waals surface area (Å²) in [5.41, 5.74) is 4.58. The molecule has 2 aromatic heterocycles. The van der Waals surface area contributed by atoms with Crippen LogP contribution in [0.4, 0.5) is 0 Å². The number of aromatic nitrogens is 5. The van der Waals surface area contributed by atoms with E-state index in [0.29, 0.717) is 16.4 Å². The number of rotatable bonds is 4. The third-order valence-electron chi connectivity index (χ3n) is 4.75. The van der Waals surface area contributed by atoms with Gasteiger partial charge < -0.3 is 0 Å². The molecule has 0 bridgehead atoms. The minimum atomic E-state index is 0.492. The smallest absolute Gasteiger partial charge is 0.205 e. The Hall–Kier alpha value is -3.90. The highest BCUT2D eigenvalue weighted by atomic mass is 32.1. The van der Waals surface area contributed by atoms with E-state index >= 15 is 0 Å². The largest absolute Gasteiger partial charge is 0.265 e. The normalized spacial score (nSPS) is 10.8. The molecule has 0 fully saturated rings. The lowest BCUT2D eigenvalue weighted by atomic mass is 10.1. The van der Waals surface area contributed by atoms with E-state index in [1.54, 1.807) is 0 Å². The van der Waals surface area contributed by atoms with Crippen LogP contribution in [0.1, 0.15) is 0 Å². The molecule has 0 aliphatic heterocycles. The van der Waals surface area contributed by atoms with Crippen molar-refractivity contribution in [2.45, 2.75) is 0 Å². The number of para-hydroxylation sites is 1. The van der Waals surface area contributed by atoms with Crippen LogP contribution in [-0.4, -0.2) is 24.7 Å². The molecule has 1 N–H and O–H groups in total. The zero-order chi connectivity index (χ0) is 20.3. The molecule has 0 saturated heterocycles. The number of hydrogen-bond donors (Lipinski definition) is 1. The Morgan fingerprint density at radius 3 is 1.70 bits per heavy atom. The van der Waals surface area contributed by atoms with Crippen molar-refractivity contribution in [2.75, 3.05) is 0 Å². The molecule has 0 atom stereocenters. The highest BCUT2D eigenvalue weighted by Gasteiger charge is 2.17. The Morgan fingerprint density at radius 1 is 0.667 bits per heavy atom. The molecule has 5 aromatic rings. The molecule has 0 spiro atoms. The molecule has 0 aliphatic carbocycles. The molecule has 0 unspecified atom stereocenters.